The van der Waals surface area contributed by atoms with Crippen LogP contribution in [-0.2, 0) is 0 Å². The zero-order valence-corrected chi connectivity index (χ0v) is 7.71. The molecule has 11 heavy (non-hydrogen) atoms. The summed E-state index contributed by atoms with van der Waals surface area (Å²) in [5.41, 5.74) is 0. The number of aliphatic imine (C=N–C) groups is 1. The van der Waals surface area contributed by atoms with Crippen LogP contribution in [0.3, 0.4) is 0 Å². The van der Waals surface area contributed by atoms with E-state index < -0.39 is 0 Å². The first-order valence-electron chi connectivity index (χ1n) is 4.83. The van der Waals surface area contributed by atoms with E-state index in [0.29, 0.717) is 0 Å². The molecule has 0 aromatic rings. The molecule has 1 heterocycles. The van der Waals surface area contributed by atoms with Crippen LogP contribution >= 0.6 is 0 Å². The predicted octanol–water partition coefficient (Wildman–Crippen LogP) is 2.90. The first kappa shape index (κ1) is 8.76. The highest BCUT2D eigenvalue weighted by Crippen LogP contribution is 2.20. The Bertz CT molecular complexity index is 129. The highest BCUT2D eigenvalue weighted by molar-refractivity contribution is 5.60. The van der Waals surface area contributed by atoms with Crippen LogP contribution in [0, 0.1) is 11.8 Å². The fourth-order valence-electron chi connectivity index (χ4n) is 1.75. The van der Waals surface area contributed by atoms with E-state index in [1.165, 1.54) is 25.7 Å². The molecule has 1 heteroatoms. The van der Waals surface area contributed by atoms with Crippen molar-refractivity contribution in [2.24, 2.45) is 16.8 Å². The quantitative estimate of drug-likeness (QED) is 0.591. The Hall–Kier alpha value is -0.330. The van der Waals surface area contributed by atoms with Gasteiger partial charge in [0.2, 0.25) is 0 Å². The normalized spacial score (nSPS) is 30.7. The van der Waals surface area contributed by atoms with Gasteiger partial charge < -0.3 is 0 Å². The minimum atomic E-state index is 0.727. The standard InChI is InChI=1S/C10H19N/c1-3-4-5-10-6-9(2)7-11-8-10/h7,9-10H,3-6,8H2,1-2H3. The van der Waals surface area contributed by atoms with E-state index in [9.17, 15) is 0 Å². The largest absolute Gasteiger partial charge is 0.297 e. The van der Waals surface area contributed by atoms with Crippen molar-refractivity contribution >= 4 is 6.21 Å². The van der Waals surface area contributed by atoms with Gasteiger partial charge in [-0.1, -0.05) is 26.7 Å². The van der Waals surface area contributed by atoms with Gasteiger partial charge in [0.25, 0.3) is 0 Å². The van der Waals surface area contributed by atoms with Crippen LogP contribution in [0.4, 0.5) is 0 Å². The van der Waals surface area contributed by atoms with Crippen LogP contribution in [-0.4, -0.2) is 12.8 Å². The highest BCUT2D eigenvalue weighted by Gasteiger charge is 2.14. The van der Waals surface area contributed by atoms with Crippen molar-refractivity contribution in [1.82, 2.24) is 0 Å². The zero-order chi connectivity index (χ0) is 8.10. The lowest BCUT2D eigenvalue weighted by Crippen LogP contribution is -2.16. The van der Waals surface area contributed by atoms with E-state index in [1.54, 1.807) is 0 Å². The van der Waals surface area contributed by atoms with Gasteiger partial charge in [0.1, 0.15) is 0 Å². The molecule has 2 unspecified atom stereocenters. The van der Waals surface area contributed by atoms with Crippen LogP contribution in [0.15, 0.2) is 4.99 Å². The molecular weight excluding hydrogens is 134 g/mol. The maximum absolute atomic E-state index is 4.37. The van der Waals surface area contributed by atoms with Crippen LogP contribution in [0.1, 0.15) is 39.5 Å². The summed E-state index contributed by atoms with van der Waals surface area (Å²) in [6.07, 6.45) is 7.58. The molecular formula is C10H19N. The maximum atomic E-state index is 4.37. The third-order valence-electron chi connectivity index (χ3n) is 2.39. The van der Waals surface area contributed by atoms with Gasteiger partial charge in [0.05, 0.1) is 0 Å². The Labute approximate surface area is 69.9 Å². The van der Waals surface area contributed by atoms with Gasteiger partial charge in [-0.2, -0.15) is 0 Å². The van der Waals surface area contributed by atoms with Gasteiger partial charge in [-0.3, -0.25) is 4.99 Å². The third kappa shape index (κ3) is 3.04. The molecule has 0 aromatic heterocycles. The Morgan fingerprint density at radius 2 is 2.36 bits per heavy atom. The molecule has 1 rings (SSSR count). The SMILES string of the molecule is CCCCC1CN=CC(C)C1. The van der Waals surface area contributed by atoms with Gasteiger partial charge in [0.15, 0.2) is 0 Å². The van der Waals surface area contributed by atoms with Gasteiger partial charge in [-0.25, -0.2) is 0 Å². The van der Waals surface area contributed by atoms with Crippen LogP contribution < -0.4 is 0 Å². The van der Waals surface area contributed by atoms with Crippen LogP contribution in [0.5, 0.6) is 0 Å². The average Bonchev–Trinajstić information content (AvgIpc) is 2.01. The third-order valence-corrected chi connectivity index (χ3v) is 2.39. The second-order valence-electron chi connectivity index (χ2n) is 3.74. The topological polar surface area (TPSA) is 12.4 Å². The second kappa shape index (κ2) is 4.53. The molecule has 2 atom stereocenters. The van der Waals surface area contributed by atoms with E-state index in [2.05, 4.69) is 25.1 Å². The van der Waals surface area contributed by atoms with E-state index in [-0.39, 0.29) is 0 Å². The van der Waals surface area contributed by atoms with E-state index in [0.717, 1.165) is 18.4 Å². The summed E-state index contributed by atoms with van der Waals surface area (Å²) in [5, 5.41) is 0. The lowest BCUT2D eigenvalue weighted by molar-refractivity contribution is 0.400. The van der Waals surface area contributed by atoms with Crippen molar-refractivity contribution in [2.45, 2.75) is 39.5 Å². The van der Waals surface area contributed by atoms with Crippen LogP contribution in [0.25, 0.3) is 0 Å². The van der Waals surface area contributed by atoms with Crippen molar-refractivity contribution in [2.75, 3.05) is 6.54 Å². The molecule has 0 amide bonds. The Balaban J connectivity index is 2.20. The maximum Gasteiger partial charge on any atom is 0.0413 e. The molecule has 0 saturated heterocycles. The Kier molecular flexibility index (Phi) is 3.61. The highest BCUT2D eigenvalue weighted by atomic mass is 14.7. The molecule has 0 N–H and O–H groups in total. The zero-order valence-electron chi connectivity index (χ0n) is 7.71. The fourth-order valence-corrected chi connectivity index (χ4v) is 1.75. The number of unbranched alkanes of at least 4 members (excludes halogenated alkanes) is 1. The van der Waals surface area contributed by atoms with Gasteiger partial charge in [0, 0.05) is 12.8 Å². The summed E-state index contributed by atoms with van der Waals surface area (Å²) in [4.78, 5) is 4.37. The first-order chi connectivity index (χ1) is 5.33. The molecule has 1 aliphatic heterocycles. The molecule has 0 spiro atoms. The average molecular weight is 153 g/mol. The van der Waals surface area contributed by atoms with Gasteiger partial charge >= 0.3 is 0 Å². The molecule has 0 bridgehead atoms. The molecule has 64 valence electrons. The van der Waals surface area contributed by atoms with Crippen LogP contribution in [0.2, 0.25) is 0 Å². The van der Waals surface area contributed by atoms with E-state index in [4.69, 9.17) is 0 Å². The summed E-state index contributed by atoms with van der Waals surface area (Å²) in [5.74, 6) is 1.61. The second-order valence-corrected chi connectivity index (χ2v) is 3.74. The van der Waals surface area contributed by atoms with Crippen molar-refractivity contribution in [3.05, 3.63) is 0 Å². The first-order valence-corrected chi connectivity index (χ1v) is 4.83. The molecule has 0 fully saturated rings. The number of hydrogen-bond acceptors (Lipinski definition) is 1. The molecule has 1 nitrogen and oxygen atoms in total. The lowest BCUT2D eigenvalue weighted by Gasteiger charge is -2.20. The number of hydrogen-bond donors (Lipinski definition) is 0. The monoisotopic (exact) mass is 153 g/mol. The number of rotatable bonds is 3. The minimum Gasteiger partial charge on any atom is -0.297 e. The summed E-state index contributed by atoms with van der Waals surface area (Å²) in [6.45, 7) is 5.61. The Morgan fingerprint density at radius 3 is 3.00 bits per heavy atom. The van der Waals surface area contributed by atoms with Crippen molar-refractivity contribution in [3.8, 4) is 0 Å². The van der Waals surface area contributed by atoms with E-state index in [1.807, 2.05) is 0 Å². The molecule has 1 aliphatic rings. The molecule has 0 saturated carbocycles. The predicted molar refractivity (Wildman–Crippen MR) is 50.2 cm³/mol. The summed E-state index contributed by atoms with van der Waals surface area (Å²) in [6, 6.07) is 0. The molecule has 0 aliphatic carbocycles. The summed E-state index contributed by atoms with van der Waals surface area (Å²) in [7, 11) is 0. The molecule has 0 aromatic carbocycles. The molecule has 0 radical (unpaired) electrons. The smallest absolute Gasteiger partial charge is 0.0413 e. The Morgan fingerprint density at radius 1 is 1.55 bits per heavy atom. The summed E-state index contributed by atoms with van der Waals surface area (Å²) >= 11 is 0. The lowest BCUT2D eigenvalue weighted by atomic mass is 9.90. The number of nitrogens with zero attached hydrogens (tertiary/aromatic N) is 1. The van der Waals surface area contributed by atoms with Gasteiger partial charge in [-0.15, -0.1) is 0 Å². The van der Waals surface area contributed by atoms with Crippen molar-refractivity contribution in [3.63, 3.8) is 0 Å². The van der Waals surface area contributed by atoms with Gasteiger partial charge in [-0.05, 0) is 24.7 Å². The fraction of sp³-hybridized carbons (Fsp3) is 0.900. The minimum absolute atomic E-state index is 0.727. The summed E-state index contributed by atoms with van der Waals surface area (Å²) < 4.78 is 0. The van der Waals surface area contributed by atoms with Crippen molar-refractivity contribution in [1.29, 1.82) is 0 Å². The van der Waals surface area contributed by atoms with E-state index >= 15 is 0 Å². The van der Waals surface area contributed by atoms with Crippen molar-refractivity contribution < 1.29 is 0 Å².